The van der Waals surface area contributed by atoms with E-state index in [1.165, 1.54) is 16.8 Å². The maximum absolute atomic E-state index is 12.6. The van der Waals surface area contributed by atoms with Gasteiger partial charge in [0.05, 0.1) is 0 Å². The maximum Gasteiger partial charge on any atom is 0.357 e. The molecule has 1 amide bonds. The Morgan fingerprint density at radius 1 is 1.29 bits per heavy atom. The maximum atomic E-state index is 12.6. The molecular weight excluding hydrogens is 366 g/mol. The summed E-state index contributed by atoms with van der Waals surface area (Å²) in [6.07, 6.45) is 2.92. The third-order valence-electron chi connectivity index (χ3n) is 4.04. The monoisotopic (exact) mass is 389 g/mol. The number of esters is 1. The first-order valence-corrected chi connectivity index (χ1v) is 8.91. The van der Waals surface area contributed by atoms with E-state index < -0.39 is 29.7 Å². The Kier molecular flexibility index (Phi) is 7.08. The highest BCUT2D eigenvalue weighted by molar-refractivity contribution is 5.98. The number of nitrogens with two attached hydrogens (primary N) is 1. The number of hydrogen-bond acceptors (Lipinski definition) is 7. The number of nitrogen functional groups attached to an aromatic ring is 1. The fourth-order valence-electron chi connectivity index (χ4n) is 2.60. The van der Waals surface area contributed by atoms with Crippen molar-refractivity contribution in [1.82, 2.24) is 14.5 Å². The van der Waals surface area contributed by atoms with Crippen LogP contribution in [0.4, 0.5) is 11.5 Å². The van der Waals surface area contributed by atoms with Crippen molar-refractivity contribution in [2.45, 2.75) is 33.2 Å². The number of pyridine rings is 1. The molecule has 2 rings (SSSR count). The number of ether oxygens (including phenoxy) is 1. The first kappa shape index (κ1) is 20.9. The Labute approximate surface area is 161 Å². The molecule has 10 heteroatoms. The number of nitrogens with one attached hydrogen (secondary N) is 1. The van der Waals surface area contributed by atoms with E-state index >= 15 is 0 Å². The van der Waals surface area contributed by atoms with Crippen molar-refractivity contribution in [2.24, 2.45) is 0 Å². The quantitative estimate of drug-likeness (QED) is 0.627. The van der Waals surface area contributed by atoms with Crippen molar-refractivity contribution >= 4 is 23.4 Å². The van der Waals surface area contributed by atoms with E-state index in [0.29, 0.717) is 13.0 Å². The van der Waals surface area contributed by atoms with Gasteiger partial charge in [-0.1, -0.05) is 19.4 Å². The van der Waals surface area contributed by atoms with Crippen LogP contribution in [0.3, 0.4) is 0 Å². The molecule has 0 aliphatic rings. The van der Waals surface area contributed by atoms with E-state index in [4.69, 9.17) is 10.5 Å². The molecule has 2 aromatic heterocycles. The van der Waals surface area contributed by atoms with Gasteiger partial charge >= 0.3 is 11.7 Å². The zero-order valence-electron chi connectivity index (χ0n) is 15.8. The molecule has 0 bridgehead atoms. The third-order valence-corrected chi connectivity index (χ3v) is 4.04. The summed E-state index contributed by atoms with van der Waals surface area (Å²) in [7, 11) is 0. The molecule has 150 valence electrons. The molecule has 2 heterocycles. The summed E-state index contributed by atoms with van der Waals surface area (Å²) in [6, 6.07) is 4.71. The number of aromatic amines is 1. The number of unbranched alkanes of at least 4 members (excludes halogenated alkanes) is 1. The van der Waals surface area contributed by atoms with Gasteiger partial charge in [0.15, 0.2) is 12.3 Å². The molecule has 0 spiro atoms. The zero-order chi connectivity index (χ0) is 20.7. The van der Waals surface area contributed by atoms with Crippen LogP contribution in [0.15, 0.2) is 34.0 Å². The van der Waals surface area contributed by atoms with Crippen LogP contribution >= 0.6 is 0 Å². The summed E-state index contributed by atoms with van der Waals surface area (Å²) in [4.78, 5) is 55.9. The molecule has 0 aliphatic heterocycles. The van der Waals surface area contributed by atoms with Gasteiger partial charge in [0, 0.05) is 19.3 Å². The molecule has 0 saturated heterocycles. The van der Waals surface area contributed by atoms with Crippen LogP contribution in [0.25, 0.3) is 0 Å². The second-order valence-electron chi connectivity index (χ2n) is 5.93. The van der Waals surface area contributed by atoms with Gasteiger partial charge in [0.25, 0.3) is 11.5 Å². The normalized spacial score (nSPS) is 10.5. The Bertz CT molecular complexity index is 951. The van der Waals surface area contributed by atoms with Crippen LogP contribution < -0.4 is 21.9 Å². The number of carbonyl (C=O) groups excluding carboxylic acids is 2. The van der Waals surface area contributed by atoms with Crippen molar-refractivity contribution in [1.29, 1.82) is 0 Å². The highest BCUT2D eigenvalue weighted by Gasteiger charge is 2.24. The number of aromatic nitrogens is 3. The number of H-pyrrole nitrogens is 1. The van der Waals surface area contributed by atoms with Gasteiger partial charge in [-0.25, -0.2) is 14.6 Å². The summed E-state index contributed by atoms with van der Waals surface area (Å²) < 4.78 is 6.20. The van der Waals surface area contributed by atoms with Gasteiger partial charge < -0.3 is 15.4 Å². The average Bonchev–Trinajstić information content (AvgIpc) is 2.69. The average molecular weight is 389 g/mol. The topological polar surface area (TPSA) is 140 Å². The van der Waals surface area contributed by atoms with Crippen molar-refractivity contribution in [3.8, 4) is 0 Å². The zero-order valence-corrected chi connectivity index (χ0v) is 15.8. The number of likely N-dealkylation sites (N-methyl/N-ethyl adjacent to an activating group) is 1. The standard InChI is InChI=1S/C18H23N5O5/c1-3-5-10-23-15(19)14(16(25)21-18(23)27)22(4-2)13(24)11-28-17(26)12-8-6-7-9-20-12/h6-9H,3-5,10-11,19H2,1-2H3,(H,21,25,27). The number of rotatable bonds is 8. The van der Waals surface area contributed by atoms with Gasteiger partial charge in [-0.2, -0.15) is 0 Å². The van der Waals surface area contributed by atoms with Gasteiger partial charge in [-0.15, -0.1) is 0 Å². The van der Waals surface area contributed by atoms with E-state index in [1.54, 1.807) is 19.1 Å². The molecule has 0 aliphatic carbocycles. The Hall–Kier alpha value is -3.43. The van der Waals surface area contributed by atoms with Crippen LogP contribution in [0, 0.1) is 0 Å². The fourth-order valence-corrected chi connectivity index (χ4v) is 2.60. The van der Waals surface area contributed by atoms with Gasteiger partial charge in [0.1, 0.15) is 11.5 Å². The van der Waals surface area contributed by atoms with E-state index in [1.807, 2.05) is 6.92 Å². The molecule has 3 N–H and O–H groups in total. The minimum absolute atomic E-state index is 0.0591. The minimum Gasteiger partial charge on any atom is -0.451 e. The Morgan fingerprint density at radius 2 is 2.04 bits per heavy atom. The predicted octanol–water partition coefficient (Wildman–Crippen LogP) is 0.524. The number of nitrogens with zero attached hydrogens (tertiary/aromatic N) is 3. The Balaban J connectivity index is 2.24. The molecule has 0 unspecified atom stereocenters. The minimum atomic E-state index is -0.776. The number of amides is 1. The number of carbonyl (C=O) groups is 2. The fraction of sp³-hybridized carbons (Fsp3) is 0.389. The molecule has 10 nitrogen and oxygen atoms in total. The van der Waals surface area contributed by atoms with E-state index in [0.717, 1.165) is 11.3 Å². The summed E-state index contributed by atoms with van der Waals surface area (Å²) in [6.45, 7) is 3.39. The Morgan fingerprint density at radius 3 is 2.64 bits per heavy atom. The summed E-state index contributed by atoms with van der Waals surface area (Å²) in [5.74, 6) is -1.52. The van der Waals surface area contributed by atoms with Crippen LogP contribution in [0.1, 0.15) is 37.2 Å². The molecule has 0 aromatic carbocycles. The van der Waals surface area contributed by atoms with Crippen molar-refractivity contribution in [3.05, 3.63) is 50.9 Å². The van der Waals surface area contributed by atoms with Gasteiger partial charge in [-0.3, -0.25) is 19.1 Å². The highest BCUT2D eigenvalue weighted by atomic mass is 16.5. The van der Waals surface area contributed by atoms with Crippen molar-refractivity contribution in [3.63, 3.8) is 0 Å². The number of hydrogen-bond donors (Lipinski definition) is 2. The summed E-state index contributed by atoms with van der Waals surface area (Å²) >= 11 is 0. The van der Waals surface area contributed by atoms with Crippen LogP contribution in [0.5, 0.6) is 0 Å². The first-order valence-electron chi connectivity index (χ1n) is 8.91. The van der Waals surface area contributed by atoms with E-state index in [-0.39, 0.29) is 23.7 Å². The first-order chi connectivity index (χ1) is 13.4. The largest absolute Gasteiger partial charge is 0.451 e. The molecular formula is C18H23N5O5. The lowest BCUT2D eigenvalue weighted by Crippen LogP contribution is -2.42. The molecule has 0 atom stereocenters. The second kappa shape index (κ2) is 9.49. The number of anilines is 2. The molecule has 0 fully saturated rings. The lowest BCUT2D eigenvalue weighted by atomic mass is 10.3. The van der Waals surface area contributed by atoms with Gasteiger partial charge in [-0.05, 0) is 25.5 Å². The molecule has 2 aromatic rings. The van der Waals surface area contributed by atoms with Crippen molar-refractivity contribution < 1.29 is 14.3 Å². The SMILES string of the molecule is CCCCn1c(N)c(N(CC)C(=O)COC(=O)c2ccccn2)c(=O)[nH]c1=O. The smallest absolute Gasteiger partial charge is 0.357 e. The lowest BCUT2D eigenvalue weighted by Gasteiger charge is -2.23. The lowest BCUT2D eigenvalue weighted by molar-refractivity contribution is -0.121. The third kappa shape index (κ3) is 4.64. The van der Waals surface area contributed by atoms with E-state index in [2.05, 4.69) is 9.97 Å². The van der Waals surface area contributed by atoms with Crippen LogP contribution in [-0.2, 0) is 16.1 Å². The van der Waals surface area contributed by atoms with Gasteiger partial charge in [0.2, 0.25) is 0 Å². The summed E-state index contributed by atoms with van der Waals surface area (Å²) in [5.41, 5.74) is 4.53. The highest BCUT2D eigenvalue weighted by Crippen LogP contribution is 2.17. The molecule has 0 radical (unpaired) electrons. The molecule has 0 saturated carbocycles. The summed E-state index contributed by atoms with van der Waals surface area (Å²) in [5, 5.41) is 0. The van der Waals surface area contributed by atoms with Crippen LogP contribution in [0.2, 0.25) is 0 Å². The molecule has 28 heavy (non-hydrogen) atoms. The van der Waals surface area contributed by atoms with Crippen molar-refractivity contribution in [2.75, 3.05) is 23.8 Å². The predicted molar refractivity (Wildman–Crippen MR) is 103 cm³/mol. The van der Waals surface area contributed by atoms with Crippen LogP contribution in [-0.4, -0.2) is 39.6 Å². The second-order valence-corrected chi connectivity index (χ2v) is 5.93. The van der Waals surface area contributed by atoms with E-state index in [9.17, 15) is 19.2 Å².